The van der Waals surface area contributed by atoms with Crippen LogP contribution in [0.1, 0.15) is 122 Å². The van der Waals surface area contributed by atoms with Crippen LogP contribution >= 0.6 is 0 Å². The second-order valence-corrected chi connectivity index (χ2v) is 7.06. The molecule has 1 aliphatic rings. The highest BCUT2D eigenvalue weighted by Crippen LogP contribution is 2.15. The van der Waals surface area contributed by atoms with E-state index in [0.717, 1.165) is 0 Å². The predicted octanol–water partition coefficient (Wildman–Crippen LogP) is 7.97. The molecular weight excluding hydrogens is 252 g/mol. The third kappa shape index (κ3) is 14.4. The second-order valence-electron chi connectivity index (χ2n) is 7.06. The van der Waals surface area contributed by atoms with Crippen molar-refractivity contribution in [1.82, 2.24) is 0 Å². The average Bonchev–Trinajstić information content (AvgIpc) is 2.50. The maximum absolute atomic E-state index is 2.43. The van der Waals surface area contributed by atoms with E-state index >= 15 is 0 Å². The highest BCUT2D eigenvalue weighted by atomic mass is 14.0. The highest BCUT2D eigenvalue weighted by molar-refractivity contribution is 4.81. The number of allylic oxidation sites excluding steroid dienone is 2. The van der Waals surface area contributed by atoms with Crippen LogP contribution in [0, 0.1) is 0 Å². The molecular formula is C21H40. The topological polar surface area (TPSA) is 0 Å². The first-order valence-corrected chi connectivity index (χ1v) is 10.1. The van der Waals surface area contributed by atoms with E-state index in [9.17, 15) is 0 Å². The summed E-state index contributed by atoms with van der Waals surface area (Å²) < 4.78 is 0. The third-order valence-electron chi connectivity index (χ3n) is 4.91. The molecule has 0 amide bonds. The second kappa shape index (κ2) is 16.1. The monoisotopic (exact) mass is 292 g/mol. The molecule has 0 nitrogen and oxygen atoms in total. The maximum Gasteiger partial charge on any atom is -0.0351 e. The van der Waals surface area contributed by atoms with Crippen LogP contribution in [0.15, 0.2) is 12.2 Å². The van der Waals surface area contributed by atoms with E-state index in [4.69, 9.17) is 0 Å². The van der Waals surface area contributed by atoms with Crippen molar-refractivity contribution < 1.29 is 0 Å². The fourth-order valence-electron chi connectivity index (χ4n) is 3.41. The van der Waals surface area contributed by atoms with E-state index in [1.165, 1.54) is 122 Å². The Labute approximate surface area is 134 Å². The van der Waals surface area contributed by atoms with E-state index in [2.05, 4.69) is 12.2 Å². The Bertz CT molecular complexity index is 194. The lowest BCUT2D eigenvalue weighted by Crippen LogP contribution is -1.83. The third-order valence-corrected chi connectivity index (χ3v) is 4.91. The van der Waals surface area contributed by atoms with Gasteiger partial charge in [0.15, 0.2) is 0 Å². The van der Waals surface area contributed by atoms with Gasteiger partial charge in [-0.25, -0.2) is 0 Å². The Morgan fingerprint density at radius 1 is 0.238 bits per heavy atom. The normalized spacial score (nSPS) is 23.2. The number of hydrogen-bond acceptors (Lipinski definition) is 0. The maximum atomic E-state index is 2.43. The number of rotatable bonds is 0. The molecule has 124 valence electrons. The Morgan fingerprint density at radius 2 is 0.429 bits per heavy atom. The van der Waals surface area contributed by atoms with Gasteiger partial charge in [-0.05, 0) is 25.7 Å². The molecule has 0 fully saturated rings. The van der Waals surface area contributed by atoms with Gasteiger partial charge in [-0.15, -0.1) is 0 Å². The van der Waals surface area contributed by atoms with Gasteiger partial charge in [0.25, 0.3) is 0 Å². The van der Waals surface area contributed by atoms with Gasteiger partial charge in [-0.3, -0.25) is 0 Å². The van der Waals surface area contributed by atoms with Crippen molar-refractivity contribution in [1.29, 1.82) is 0 Å². The minimum atomic E-state index is 1.32. The van der Waals surface area contributed by atoms with Crippen LogP contribution < -0.4 is 0 Å². The lowest BCUT2D eigenvalue weighted by Gasteiger charge is -2.03. The summed E-state index contributed by atoms with van der Waals surface area (Å²) in [6, 6.07) is 0. The van der Waals surface area contributed by atoms with Crippen LogP contribution in [-0.2, 0) is 0 Å². The van der Waals surface area contributed by atoms with Crippen LogP contribution in [-0.4, -0.2) is 0 Å². The molecule has 0 aromatic heterocycles. The minimum absolute atomic E-state index is 1.32. The highest BCUT2D eigenvalue weighted by Gasteiger charge is 1.95. The average molecular weight is 293 g/mol. The van der Waals surface area contributed by atoms with Crippen molar-refractivity contribution in [3.8, 4) is 0 Å². The van der Waals surface area contributed by atoms with E-state index in [1.807, 2.05) is 0 Å². The molecule has 0 spiro atoms. The van der Waals surface area contributed by atoms with Crippen LogP contribution in [0.2, 0.25) is 0 Å². The molecule has 0 saturated heterocycles. The van der Waals surface area contributed by atoms with Gasteiger partial charge in [0.2, 0.25) is 0 Å². The van der Waals surface area contributed by atoms with Crippen molar-refractivity contribution in [3.63, 3.8) is 0 Å². The molecule has 1 aliphatic carbocycles. The molecule has 1 rings (SSSR count). The van der Waals surface area contributed by atoms with Crippen LogP contribution in [0.4, 0.5) is 0 Å². The summed E-state index contributed by atoms with van der Waals surface area (Å²) in [4.78, 5) is 0. The summed E-state index contributed by atoms with van der Waals surface area (Å²) in [7, 11) is 0. The summed E-state index contributed by atoms with van der Waals surface area (Å²) in [5.41, 5.74) is 0. The van der Waals surface area contributed by atoms with Crippen molar-refractivity contribution in [2.45, 2.75) is 122 Å². The molecule has 0 bridgehead atoms. The van der Waals surface area contributed by atoms with Gasteiger partial charge in [0.05, 0.1) is 0 Å². The summed E-state index contributed by atoms with van der Waals surface area (Å²) in [5, 5.41) is 0. The van der Waals surface area contributed by atoms with E-state index < -0.39 is 0 Å². The smallest absolute Gasteiger partial charge is 0.0351 e. The van der Waals surface area contributed by atoms with Gasteiger partial charge in [-0.1, -0.05) is 108 Å². The summed E-state index contributed by atoms with van der Waals surface area (Å²) in [6.45, 7) is 0. The summed E-state index contributed by atoms with van der Waals surface area (Å²) in [6.07, 6.45) is 32.5. The van der Waals surface area contributed by atoms with Gasteiger partial charge < -0.3 is 0 Å². The first-order valence-electron chi connectivity index (χ1n) is 10.1. The Balaban J connectivity index is 2.05. The van der Waals surface area contributed by atoms with Crippen molar-refractivity contribution in [2.75, 3.05) is 0 Å². The molecule has 0 aliphatic heterocycles. The molecule has 0 aromatic carbocycles. The Hall–Kier alpha value is -0.260. The predicted molar refractivity (Wildman–Crippen MR) is 96.9 cm³/mol. The molecule has 0 aromatic rings. The molecule has 0 N–H and O–H groups in total. The zero-order chi connectivity index (χ0) is 14.8. The summed E-state index contributed by atoms with van der Waals surface area (Å²) in [5.74, 6) is 0. The quantitative estimate of drug-likeness (QED) is 0.397. The van der Waals surface area contributed by atoms with Crippen molar-refractivity contribution in [2.24, 2.45) is 0 Å². The Morgan fingerprint density at radius 3 is 0.667 bits per heavy atom. The molecule has 0 atom stereocenters. The largest absolute Gasteiger partial charge is 0.0885 e. The first-order chi connectivity index (χ1) is 10.5. The van der Waals surface area contributed by atoms with E-state index in [1.54, 1.807) is 0 Å². The van der Waals surface area contributed by atoms with E-state index in [0.29, 0.717) is 0 Å². The van der Waals surface area contributed by atoms with E-state index in [-0.39, 0.29) is 0 Å². The fraction of sp³-hybridized carbons (Fsp3) is 0.905. The van der Waals surface area contributed by atoms with Crippen LogP contribution in [0.5, 0.6) is 0 Å². The molecule has 0 saturated carbocycles. The minimum Gasteiger partial charge on any atom is -0.0885 e. The first kappa shape index (κ1) is 18.8. The van der Waals surface area contributed by atoms with Crippen molar-refractivity contribution >= 4 is 0 Å². The van der Waals surface area contributed by atoms with Gasteiger partial charge in [-0.2, -0.15) is 0 Å². The lowest BCUT2D eigenvalue weighted by atomic mass is 10.0. The zero-order valence-corrected chi connectivity index (χ0v) is 14.6. The molecule has 21 heavy (non-hydrogen) atoms. The fourth-order valence-corrected chi connectivity index (χ4v) is 3.41. The number of hydrogen-bond donors (Lipinski definition) is 0. The Kier molecular flexibility index (Phi) is 14.4. The van der Waals surface area contributed by atoms with Crippen molar-refractivity contribution in [3.05, 3.63) is 12.2 Å². The molecule has 0 heterocycles. The lowest BCUT2D eigenvalue weighted by molar-refractivity contribution is 0.527. The zero-order valence-electron chi connectivity index (χ0n) is 14.6. The standard InChI is InChI=1S/C21H40/c1-2-4-6-8-10-12-14-16-18-20-21-19-17-15-13-11-9-7-5-3-1/h1-2H,3-21H2. The van der Waals surface area contributed by atoms with Gasteiger partial charge >= 0.3 is 0 Å². The summed E-state index contributed by atoms with van der Waals surface area (Å²) >= 11 is 0. The molecule has 0 heteroatoms. The van der Waals surface area contributed by atoms with Crippen LogP contribution in [0.3, 0.4) is 0 Å². The van der Waals surface area contributed by atoms with Gasteiger partial charge in [0.1, 0.15) is 0 Å². The SMILES string of the molecule is C1=CCCCCCCCCCCCCCCCCCCC1. The molecule has 0 unspecified atom stereocenters. The molecule has 0 radical (unpaired) electrons. The van der Waals surface area contributed by atoms with Crippen LogP contribution in [0.25, 0.3) is 0 Å². The van der Waals surface area contributed by atoms with Gasteiger partial charge in [0, 0.05) is 0 Å².